The molecule has 6 heteroatoms. The molecule has 0 radical (unpaired) electrons. The van der Waals surface area contributed by atoms with Crippen LogP contribution in [0.1, 0.15) is 17.5 Å². The van der Waals surface area contributed by atoms with Crippen LogP contribution in [0.5, 0.6) is 0 Å². The second-order valence-corrected chi connectivity index (χ2v) is 3.90. The van der Waals surface area contributed by atoms with E-state index in [9.17, 15) is 9.18 Å². The average molecular weight is 269 g/mol. The molecule has 1 N–H and O–H groups in total. The van der Waals surface area contributed by atoms with Crippen LogP contribution in [0.2, 0.25) is 5.02 Å². The number of ether oxygens (including phenoxy) is 1. The third-order valence-corrected chi connectivity index (χ3v) is 2.56. The lowest BCUT2D eigenvalue weighted by Gasteiger charge is -2.00. The Hall–Kier alpha value is -1.88. The lowest BCUT2D eigenvalue weighted by molar-refractivity contribution is 0.0513. The molecule has 0 unspecified atom stereocenters. The number of aromatic amines is 1. The normalized spacial score (nSPS) is 10.4. The second kappa shape index (κ2) is 5.18. The van der Waals surface area contributed by atoms with Gasteiger partial charge in [0.15, 0.2) is 0 Å². The Kier molecular flexibility index (Phi) is 3.62. The highest BCUT2D eigenvalue weighted by Crippen LogP contribution is 2.23. The van der Waals surface area contributed by atoms with E-state index in [-0.39, 0.29) is 17.5 Å². The van der Waals surface area contributed by atoms with Crippen LogP contribution >= 0.6 is 11.6 Å². The van der Waals surface area contributed by atoms with Gasteiger partial charge in [0, 0.05) is 5.56 Å². The number of imidazole rings is 1. The number of hydrogen-bond acceptors (Lipinski definition) is 3. The van der Waals surface area contributed by atoms with E-state index in [0.717, 1.165) is 0 Å². The predicted molar refractivity (Wildman–Crippen MR) is 64.9 cm³/mol. The Morgan fingerprint density at radius 2 is 2.33 bits per heavy atom. The van der Waals surface area contributed by atoms with E-state index < -0.39 is 11.8 Å². The minimum Gasteiger partial charge on any atom is -0.460 e. The maximum Gasteiger partial charge on any atom is 0.374 e. The van der Waals surface area contributed by atoms with Gasteiger partial charge in [-0.2, -0.15) is 0 Å². The lowest BCUT2D eigenvalue weighted by Crippen LogP contribution is -2.06. The summed E-state index contributed by atoms with van der Waals surface area (Å²) in [4.78, 5) is 18.1. The molecule has 18 heavy (non-hydrogen) atoms. The van der Waals surface area contributed by atoms with Crippen LogP contribution < -0.4 is 0 Å². The van der Waals surface area contributed by atoms with E-state index in [1.54, 1.807) is 13.0 Å². The van der Waals surface area contributed by atoms with E-state index in [2.05, 4.69) is 9.97 Å². The van der Waals surface area contributed by atoms with Gasteiger partial charge in [0.2, 0.25) is 5.82 Å². The minimum absolute atomic E-state index is 0.0137. The molecule has 0 saturated carbocycles. The first-order valence-electron chi connectivity index (χ1n) is 5.29. The molecule has 0 fully saturated rings. The Labute approximate surface area is 108 Å². The van der Waals surface area contributed by atoms with Crippen molar-refractivity contribution in [2.24, 2.45) is 0 Å². The van der Waals surface area contributed by atoms with Gasteiger partial charge >= 0.3 is 5.97 Å². The van der Waals surface area contributed by atoms with E-state index in [0.29, 0.717) is 11.3 Å². The molecular weight excluding hydrogens is 259 g/mol. The Morgan fingerprint density at radius 1 is 1.56 bits per heavy atom. The second-order valence-electron chi connectivity index (χ2n) is 3.49. The molecule has 2 rings (SSSR count). The zero-order chi connectivity index (χ0) is 13.1. The fourth-order valence-corrected chi connectivity index (χ4v) is 1.62. The summed E-state index contributed by atoms with van der Waals surface area (Å²) in [6, 6.07) is 4.26. The van der Waals surface area contributed by atoms with Crippen LogP contribution in [-0.2, 0) is 4.74 Å². The largest absolute Gasteiger partial charge is 0.460 e. The van der Waals surface area contributed by atoms with Crippen molar-refractivity contribution in [1.82, 2.24) is 9.97 Å². The maximum atomic E-state index is 13.0. The van der Waals surface area contributed by atoms with Crippen LogP contribution in [0, 0.1) is 5.82 Å². The van der Waals surface area contributed by atoms with Gasteiger partial charge < -0.3 is 9.72 Å². The molecule has 0 amide bonds. The summed E-state index contributed by atoms with van der Waals surface area (Å²) in [5.74, 6) is -0.921. The predicted octanol–water partition coefficient (Wildman–Crippen LogP) is 3.05. The smallest absolute Gasteiger partial charge is 0.374 e. The number of nitrogens with one attached hydrogen (secondary N) is 1. The number of esters is 1. The van der Waals surface area contributed by atoms with Crippen molar-refractivity contribution < 1.29 is 13.9 Å². The van der Waals surface area contributed by atoms with E-state index in [4.69, 9.17) is 16.3 Å². The highest BCUT2D eigenvalue weighted by molar-refractivity contribution is 6.31. The summed E-state index contributed by atoms with van der Waals surface area (Å²) in [5, 5.41) is 0.0137. The van der Waals surface area contributed by atoms with Crippen molar-refractivity contribution in [3.05, 3.63) is 41.1 Å². The van der Waals surface area contributed by atoms with Crippen molar-refractivity contribution in [3.8, 4) is 11.3 Å². The molecule has 94 valence electrons. The molecule has 0 spiro atoms. The quantitative estimate of drug-likeness (QED) is 0.871. The highest BCUT2D eigenvalue weighted by Gasteiger charge is 2.12. The number of carbonyl (C=O) groups is 1. The van der Waals surface area contributed by atoms with Crippen LogP contribution in [-0.4, -0.2) is 22.5 Å². The maximum absolute atomic E-state index is 13.0. The molecule has 0 aliphatic carbocycles. The van der Waals surface area contributed by atoms with E-state index in [1.807, 2.05) is 0 Å². The molecule has 0 saturated heterocycles. The zero-order valence-electron chi connectivity index (χ0n) is 9.54. The van der Waals surface area contributed by atoms with E-state index >= 15 is 0 Å². The van der Waals surface area contributed by atoms with Crippen LogP contribution in [0.4, 0.5) is 4.39 Å². The molecule has 0 aliphatic heterocycles. The number of nitrogens with zero attached hydrogens (tertiary/aromatic N) is 1. The third-order valence-electron chi connectivity index (χ3n) is 2.28. The topological polar surface area (TPSA) is 55.0 Å². The minimum atomic E-state index is -0.531. The monoisotopic (exact) mass is 268 g/mol. The molecule has 2 aromatic rings. The number of H-pyrrole nitrogens is 1. The molecule has 0 atom stereocenters. The Bertz CT molecular complexity index is 583. The van der Waals surface area contributed by atoms with Gasteiger partial charge in [-0.1, -0.05) is 11.6 Å². The summed E-state index contributed by atoms with van der Waals surface area (Å²) >= 11 is 5.68. The molecule has 0 bridgehead atoms. The average Bonchev–Trinajstić information content (AvgIpc) is 2.82. The standard InChI is InChI=1S/C12H10ClFN2O2/c1-2-18-12(17)11-15-6-10(16-11)7-3-4-9(14)8(13)5-7/h3-6H,2H2,1H3,(H,15,16). The SMILES string of the molecule is CCOC(=O)c1ncc(-c2ccc(F)c(Cl)c2)[nH]1. The molecular formula is C12H10ClFN2O2. The van der Waals surface area contributed by atoms with Gasteiger partial charge in [-0.05, 0) is 25.1 Å². The number of carbonyl (C=O) groups excluding carboxylic acids is 1. The lowest BCUT2D eigenvalue weighted by atomic mass is 10.2. The van der Waals surface area contributed by atoms with Crippen molar-refractivity contribution in [1.29, 1.82) is 0 Å². The summed E-state index contributed by atoms with van der Waals surface area (Å²) in [7, 11) is 0. The number of hydrogen-bond donors (Lipinski definition) is 1. The fraction of sp³-hybridized carbons (Fsp3) is 0.167. The first kappa shape index (κ1) is 12.6. The molecule has 0 aliphatic rings. The van der Waals surface area contributed by atoms with Gasteiger partial charge in [-0.3, -0.25) is 0 Å². The zero-order valence-corrected chi connectivity index (χ0v) is 10.3. The van der Waals surface area contributed by atoms with E-state index in [1.165, 1.54) is 18.3 Å². The van der Waals surface area contributed by atoms with Gasteiger partial charge in [0.05, 0.1) is 23.5 Å². The van der Waals surface area contributed by atoms with Gasteiger partial charge in [-0.25, -0.2) is 14.2 Å². The Morgan fingerprint density at radius 3 is 3.00 bits per heavy atom. The van der Waals surface area contributed by atoms with Crippen LogP contribution in [0.15, 0.2) is 24.4 Å². The third kappa shape index (κ3) is 2.51. The van der Waals surface area contributed by atoms with Gasteiger partial charge in [-0.15, -0.1) is 0 Å². The van der Waals surface area contributed by atoms with Crippen LogP contribution in [0.3, 0.4) is 0 Å². The first-order chi connectivity index (χ1) is 8.61. The molecule has 1 heterocycles. The number of aromatic nitrogens is 2. The fourth-order valence-electron chi connectivity index (χ4n) is 1.43. The highest BCUT2D eigenvalue weighted by atomic mass is 35.5. The van der Waals surface area contributed by atoms with Crippen LogP contribution in [0.25, 0.3) is 11.3 Å². The number of benzene rings is 1. The van der Waals surface area contributed by atoms with Crippen molar-refractivity contribution in [2.75, 3.05) is 6.61 Å². The van der Waals surface area contributed by atoms with Gasteiger partial charge in [0.25, 0.3) is 0 Å². The first-order valence-corrected chi connectivity index (χ1v) is 5.67. The summed E-state index contributed by atoms with van der Waals surface area (Å²) in [6.07, 6.45) is 1.47. The van der Waals surface area contributed by atoms with Crippen molar-refractivity contribution >= 4 is 17.6 Å². The summed E-state index contributed by atoms with van der Waals surface area (Å²) < 4.78 is 17.8. The number of halogens is 2. The number of rotatable bonds is 3. The Balaban J connectivity index is 2.29. The van der Waals surface area contributed by atoms with Crippen molar-refractivity contribution in [3.63, 3.8) is 0 Å². The molecule has 4 nitrogen and oxygen atoms in total. The summed E-state index contributed by atoms with van der Waals surface area (Å²) in [6.45, 7) is 1.98. The van der Waals surface area contributed by atoms with Crippen molar-refractivity contribution in [2.45, 2.75) is 6.92 Å². The summed E-state index contributed by atoms with van der Waals surface area (Å²) in [5.41, 5.74) is 1.21. The molecule has 1 aromatic heterocycles. The molecule has 1 aromatic carbocycles. The van der Waals surface area contributed by atoms with Gasteiger partial charge in [0.1, 0.15) is 5.82 Å².